The molecule has 2 aromatic carbocycles. The van der Waals surface area contributed by atoms with Crippen molar-refractivity contribution in [3.8, 4) is 0 Å². The minimum atomic E-state index is 0.00840. The summed E-state index contributed by atoms with van der Waals surface area (Å²) in [5, 5.41) is 0.649. The number of rotatable bonds is 2. The van der Waals surface area contributed by atoms with Crippen LogP contribution in [0.25, 0.3) is 0 Å². The number of anilines is 1. The van der Waals surface area contributed by atoms with Crippen LogP contribution in [0.15, 0.2) is 53.0 Å². The van der Waals surface area contributed by atoms with Gasteiger partial charge in [0.15, 0.2) is 0 Å². The second-order valence-electron chi connectivity index (χ2n) is 4.46. The van der Waals surface area contributed by atoms with Gasteiger partial charge in [0.2, 0.25) is 5.91 Å². The number of carbonyl (C=O) groups excluding carboxylic acids is 1. The lowest BCUT2D eigenvalue weighted by Gasteiger charge is -2.24. The Morgan fingerprint density at radius 2 is 1.95 bits per heavy atom. The fourth-order valence-corrected chi connectivity index (χ4v) is 3.83. The molecule has 1 aliphatic heterocycles. The summed E-state index contributed by atoms with van der Waals surface area (Å²) in [6, 6.07) is 15.5. The van der Waals surface area contributed by atoms with Gasteiger partial charge in [-0.25, -0.2) is 0 Å². The molecule has 2 nitrogen and oxygen atoms in total. The number of hydrogen-bond acceptors (Lipinski definition) is 2. The van der Waals surface area contributed by atoms with Crippen molar-refractivity contribution in [1.82, 2.24) is 0 Å². The molecule has 1 aliphatic rings. The van der Waals surface area contributed by atoms with E-state index in [1.807, 2.05) is 53.4 Å². The van der Waals surface area contributed by atoms with Crippen molar-refractivity contribution < 1.29 is 4.79 Å². The Kier molecular flexibility index (Phi) is 4.06. The number of thioether (sulfide) groups is 1. The number of carbonyl (C=O) groups is 1. The molecule has 0 N–H and O–H groups in total. The number of amides is 1. The van der Waals surface area contributed by atoms with Crippen LogP contribution in [0.1, 0.15) is 10.9 Å². The van der Waals surface area contributed by atoms with Gasteiger partial charge in [0, 0.05) is 15.2 Å². The smallest absolute Gasteiger partial charge is 0.238 e. The lowest BCUT2D eigenvalue weighted by atomic mass is 10.2. The van der Waals surface area contributed by atoms with E-state index in [0.717, 1.165) is 15.7 Å². The SMILES string of the molecule is O=C1CSC(c2ccc(Br)cc2)N1c1cccc(Cl)c1. The lowest BCUT2D eigenvalue weighted by molar-refractivity contribution is -0.115. The van der Waals surface area contributed by atoms with Gasteiger partial charge < -0.3 is 0 Å². The van der Waals surface area contributed by atoms with E-state index in [9.17, 15) is 4.79 Å². The third-order valence-corrected chi connectivity index (χ3v) is 5.09. The number of nitrogens with zero attached hydrogens (tertiary/aromatic N) is 1. The fourth-order valence-electron chi connectivity index (χ4n) is 2.20. The maximum atomic E-state index is 12.2. The van der Waals surface area contributed by atoms with Gasteiger partial charge >= 0.3 is 0 Å². The highest BCUT2D eigenvalue weighted by molar-refractivity contribution is 9.10. The van der Waals surface area contributed by atoms with Crippen LogP contribution in [0.5, 0.6) is 0 Å². The summed E-state index contributed by atoms with van der Waals surface area (Å²) in [6.45, 7) is 0. The minimum absolute atomic E-state index is 0.00840. The Hall–Kier alpha value is -0.970. The van der Waals surface area contributed by atoms with E-state index in [-0.39, 0.29) is 11.3 Å². The van der Waals surface area contributed by atoms with Crippen LogP contribution in [-0.2, 0) is 4.79 Å². The van der Waals surface area contributed by atoms with Gasteiger partial charge in [-0.2, -0.15) is 0 Å². The molecular weight excluding hydrogens is 358 g/mol. The first-order chi connectivity index (χ1) is 9.65. The number of halogens is 2. The van der Waals surface area contributed by atoms with Crippen LogP contribution in [0, 0.1) is 0 Å². The van der Waals surface area contributed by atoms with E-state index in [1.165, 1.54) is 0 Å². The summed E-state index contributed by atoms with van der Waals surface area (Å²) in [4.78, 5) is 14.0. The van der Waals surface area contributed by atoms with Crippen LogP contribution >= 0.6 is 39.3 Å². The first kappa shape index (κ1) is 14.0. The molecule has 3 rings (SSSR count). The van der Waals surface area contributed by atoms with Crippen molar-refractivity contribution in [2.75, 3.05) is 10.7 Å². The summed E-state index contributed by atoms with van der Waals surface area (Å²) < 4.78 is 1.03. The zero-order chi connectivity index (χ0) is 14.1. The third kappa shape index (κ3) is 2.73. The predicted molar refractivity (Wildman–Crippen MR) is 88.3 cm³/mol. The van der Waals surface area contributed by atoms with E-state index in [0.29, 0.717) is 10.8 Å². The largest absolute Gasteiger partial charge is 0.295 e. The second-order valence-corrected chi connectivity index (χ2v) is 6.88. The van der Waals surface area contributed by atoms with E-state index in [1.54, 1.807) is 11.8 Å². The number of benzene rings is 2. The van der Waals surface area contributed by atoms with Crippen LogP contribution in [-0.4, -0.2) is 11.7 Å². The van der Waals surface area contributed by atoms with Crippen LogP contribution in [0.2, 0.25) is 5.02 Å². The van der Waals surface area contributed by atoms with Crippen molar-refractivity contribution in [2.24, 2.45) is 0 Å². The van der Waals surface area contributed by atoms with Crippen molar-refractivity contribution in [2.45, 2.75) is 5.37 Å². The molecule has 1 atom stereocenters. The molecule has 1 saturated heterocycles. The van der Waals surface area contributed by atoms with Crippen LogP contribution in [0.4, 0.5) is 5.69 Å². The molecule has 0 radical (unpaired) electrons. The number of hydrogen-bond donors (Lipinski definition) is 0. The maximum Gasteiger partial charge on any atom is 0.238 e. The standard InChI is InChI=1S/C15H11BrClNOS/c16-11-6-4-10(5-7-11)15-18(14(19)9-20-15)13-3-1-2-12(17)8-13/h1-8,15H,9H2. The van der Waals surface area contributed by atoms with Crippen molar-refractivity contribution >= 4 is 50.9 Å². The highest BCUT2D eigenvalue weighted by Crippen LogP contribution is 2.42. The topological polar surface area (TPSA) is 20.3 Å². The minimum Gasteiger partial charge on any atom is -0.295 e. The van der Waals surface area contributed by atoms with E-state index >= 15 is 0 Å². The second kappa shape index (κ2) is 5.80. The predicted octanol–water partition coefficient (Wildman–Crippen LogP) is 4.88. The average molecular weight is 369 g/mol. The van der Waals surface area contributed by atoms with Crippen molar-refractivity contribution in [3.63, 3.8) is 0 Å². The monoisotopic (exact) mass is 367 g/mol. The normalized spacial score (nSPS) is 18.6. The van der Waals surface area contributed by atoms with Crippen molar-refractivity contribution in [3.05, 3.63) is 63.6 Å². The van der Waals surface area contributed by atoms with Gasteiger partial charge in [0.05, 0.1) is 5.75 Å². The zero-order valence-electron chi connectivity index (χ0n) is 10.4. The van der Waals surface area contributed by atoms with E-state index in [4.69, 9.17) is 11.6 Å². The first-order valence-electron chi connectivity index (χ1n) is 6.10. The molecule has 1 amide bonds. The quantitative estimate of drug-likeness (QED) is 0.753. The summed E-state index contributed by atoms with van der Waals surface area (Å²) >= 11 is 11.1. The van der Waals surface area contributed by atoms with Gasteiger partial charge in [0.25, 0.3) is 0 Å². The van der Waals surface area contributed by atoms with E-state index < -0.39 is 0 Å². The molecule has 0 saturated carbocycles. The third-order valence-electron chi connectivity index (χ3n) is 3.11. The molecule has 5 heteroatoms. The molecule has 0 bridgehead atoms. The first-order valence-corrected chi connectivity index (χ1v) is 8.32. The molecule has 1 fully saturated rings. The summed E-state index contributed by atoms with van der Waals surface area (Å²) in [7, 11) is 0. The van der Waals surface area contributed by atoms with E-state index in [2.05, 4.69) is 15.9 Å². The Morgan fingerprint density at radius 1 is 1.20 bits per heavy atom. The fraction of sp³-hybridized carbons (Fsp3) is 0.133. The summed E-state index contributed by atoms with van der Waals surface area (Å²) in [6.07, 6.45) is 0. The van der Waals surface area contributed by atoms with Gasteiger partial charge in [-0.3, -0.25) is 9.69 Å². The van der Waals surface area contributed by atoms with Crippen LogP contribution < -0.4 is 4.90 Å². The molecule has 102 valence electrons. The van der Waals surface area contributed by atoms with Gasteiger partial charge in [-0.15, -0.1) is 11.8 Å². The van der Waals surface area contributed by atoms with Gasteiger partial charge in [0.1, 0.15) is 5.37 Å². The van der Waals surface area contributed by atoms with Crippen molar-refractivity contribution in [1.29, 1.82) is 0 Å². The Bertz CT molecular complexity index is 647. The summed E-state index contributed by atoms with van der Waals surface area (Å²) in [5.41, 5.74) is 1.96. The van der Waals surface area contributed by atoms with Gasteiger partial charge in [-0.05, 0) is 35.9 Å². The molecule has 0 spiro atoms. The molecule has 1 heterocycles. The molecule has 2 aromatic rings. The Morgan fingerprint density at radius 3 is 2.65 bits per heavy atom. The Balaban J connectivity index is 1.98. The Labute approximate surface area is 135 Å². The maximum absolute atomic E-state index is 12.2. The molecule has 1 unspecified atom stereocenters. The zero-order valence-corrected chi connectivity index (χ0v) is 13.6. The average Bonchev–Trinajstić information content (AvgIpc) is 2.81. The molecular formula is C15H11BrClNOS. The molecule has 0 aromatic heterocycles. The molecule has 20 heavy (non-hydrogen) atoms. The summed E-state index contributed by atoms with van der Waals surface area (Å²) in [5.74, 6) is 0.609. The highest BCUT2D eigenvalue weighted by Gasteiger charge is 2.33. The van der Waals surface area contributed by atoms with Gasteiger partial charge in [-0.1, -0.05) is 45.7 Å². The van der Waals surface area contributed by atoms with Crippen LogP contribution in [0.3, 0.4) is 0 Å². The lowest BCUT2D eigenvalue weighted by Crippen LogP contribution is -2.27. The highest BCUT2D eigenvalue weighted by atomic mass is 79.9. The molecule has 0 aliphatic carbocycles.